The molecule has 0 saturated heterocycles. The van der Waals surface area contributed by atoms with E-state index >= 15 is 0 Å². The van der Waals surface area contributed by atoms with Gasteiger partial charge in [0.05, 0.1) is 18.5 Å². The Kier molecular flexibility index (Phi) is 7.64. The van der Waals surface area contributed by atoms with Crippen molar-refractivity contribution < 1.29 is 19.1 Å². The van der Waals surface area contributed by atoms with E-state index in [9.17, 15) is 9.59 Å². The highest BCUT2D eigenvalue weighted by atomic mass is 16.6. The van der Waals surface area contributed by atoms with Gasteiger partial charge in [-0.3, -0.25) is 9.69 Å². The molecule has 0 unspecified atom stereocenters. The number of rotatable bonds is 7. The molecule has 0 heterocycles. The lowest BCUT2D eigenvalue weighted by Crippen LogP contribution is -2.41. The molecule has 7 nitrogen and oxygen atoms in total. The average molecular weight is 362 g/mol. The summed E-state index contributed by atoms with van der Waals surface area (Å²) in [7, 11) is 5.33. The van der Waals surface area contributed by atoms with Gasteiger partial charge in [-0.15, -0.1) is 0 Å². The van der Waals surface area contributed by atoms with Gasteiger partial charge in [-0.05, 0) is 47.0 Å². The summed E-state index contributed by atoms with van der Waals surface area (Å²) in [5.41, 5.74) is 0.232. The van der Waals surface area contributed by atoms with Crippen LogP contribution in [0.1, 0.15) is 20.8 Å². The smallest absolute Gasteiger partial charge is 0.414 e. The molecule has 2 amide bonds. The summed E-state index contributed by atoms with van der Waals surface area (Å²) < 4.78 is 10.8. The van der Waals surface area contributed by atoms with Crippen molar-refractivity contribution >= 4 is 23.4 Å². The first-order chi connectivity index (χ1) is 12.1. The van der Waals surface area contributed by atoms with Crippen LogP contribution in [-0.4, -0.2) is 56.8 Å². The molecule has 0 fully saturated rings. The maximum Gasteiger partial charge on any atom is 0.414 e. The lowest BCUT2D eigenvalue weighted by molar-refractivity contribution is -0.111. The zero-order chi connectivity index (χ0) is 19.9. The van der Waals surface area contributed by atoms with E-state index < -0.39 is 11.7 Å². The molecule has 1 aromatic rings. The monoisotopic (exact) mass is 362 g/mol. The van der Waals surface area contributed by atoms with E-state index in [1.807, 2.05) is 19.0 Å². The molecule has 0 aromatic heterocycles. The van der Waals surface area contributed by atoms with Gasteiger partial charge in [0.2, 0.25) is 5.91 Å². The van der Waals surface area contributed by atoms with Gasteiger partial charge >= 0.3 is 6.09 Å². The Morgan fingerprint density at radius 2 is 1.96 bits per heavy atom. The van der Waals surface area contributed by atoms with Crippen LogP contribution >= 0.6 is 0 Å². The van der Waals surface area contributed by atoms with Gasteiger partial charge in [0.1, 0.15) is 11.4 Å². The molecule has 0 aliphatic rings. The Hall–Kier alpha value is -2.54. The Morgan fingerprint density at radius 1 is 1.31 bits per heavy atom. The van der Waals surface area contributed by atoms with Crippen LogP contribution in [0.2, 0.25) is 0 Å². The standard InChI is InChI=1S/C19H28N3O4/c1-8-17(23)20-15-10-9-14(25-7)13-16(15)22(12-11-21(5)6)18(24)26-19(2,3)4/h8,10,13H,1,11-12H2,2-7H3,(H,20,23). The van der Waals surface area contributed by atoms with Gasteiger partial charge in [0.25, 0.3) is 0 Å². The number of benzene rings is 1. The fourth-order valence-electron chi connectivity index (χ4n) is 2.01. The SMILES string of the molecule is C=CC(=O)Nc1c[c]c(OC)cc1N(CCN(C)C)C(=O)OC(C)(C)C. The van der Waals surface area contributed by atoms with Gasteiger partial charge in [-0.1, -0.05) is 6.58 Å². The molecule has 1 N–H and O–H groups in total. The van der Waals surface area contributed by atoms with Crippen molar-refractivity contribution in [3.63, 3.8) is 0 Å². The first-order valence-electron chi connectivity index (χ1n) is 8.25. The highest BCUT2D eigenvalue weighted by molar-refractivity contribution is 6.03. The van der Waals surface area contributed by atoms with Crippen LogP contribution in [0.5, 0.6) is 5.75 Å². The minimum Gasteiger partial charge on any atom is -0.496 e. The van der Waals surface area contributed by atoms with Crippen LogP contribution in [0.4, 0.5) is 16.2 Å². The number of ether oxygens (including phenoxy) is 2. The van der Waals surface area contributed by atoms with E-state index in [1.54, 1.807) is 32.9 Å². The van der Waals surface area contributed by atoms with Crippen LogP contribution in [0.15, 0.2) is 24.8 Å². The fraction of sp³-hybridized carbons (Fsp3) is 0.474. The summed E-state index contributed by atoms with van der Waals surface area (Å²) in [6.45, 7) is 9.82. The van der Waals surface area contributed by atoms with Gasteiger partial charge in [0, 0.05) is 25.2 Å². The second kappa shape index (κ2) is 9.24. The highest BCUT2D eigenvalue weighted by Gasteiger charge is 2.26. The summed E-state index contributed by atoms with van der Waals surface area (Å²) in [5.74, 6) is 0.0524. The number of amides is 2. The highest BCUT2D eigenvalue weighted by Crippen LogP contribution is 2.31. The molecule has 0 spiro atoms. The molecule has 1 rings (SSSR count). The van der Waals surface area contributed by atoms with E-state index in [4.69, 9.17) is 9.47 Å². The van der Waals surface area contributed by atoms with Gasteiger partial charge < -0.3 is 19.7 Å². The Balaban J connectivity index is 3.33. The number of anilines is 2. The first kappa shape index (κ1) is 21.5. The molecule has 0 atom stereocenters. The van der Waals surface area contributed by atoms with Crippen molar-refractivity contribution in [2.45, 2.75) is 26.4 Å². The summed E-state index contributed by atoms with van der Waals surface area (Å²) in [5, 5.41) is 2.69. The molecule has 1 radical (unpaired) electrons. The van der Waals surface area contributed by atoms with Gasteiger partial charge in [-0.25, -0.2) is 4.79 Å². The van der Waals surface area contributed by atoms with Crippen molar-refractivity contribution in [2.24, 2.45) is 0 Å². The van der Waals surface area contributed by atoms with E-state index in [0.717, 1.165) is 6.08 Å². The topological polar surface area (TPSA) is 71.1 Å². The van der Waals surface area contributed by atoms with Gasteiger partial charge in [0.15, 0.2) is 0 Å². The quantitative estimate of drug-likeness (QED) is 0.755. The zero-order valence-electron chi connectivity index (χ0n) is 16.4. The first-order valence-corrected chi connectivity index (χ1v) is 8.25. The van der Waals surface area contributed by atoms with Crippen LogP contribution in [0.25, 0.3) is 0 Å². The number of carbonyl (C=O) groups excluding carboxylic acids is 2. The zero-order valence-corrected chi connectivity index (χ0v) is 16.4. The summed E-state index contributed by atoms with van der Waals surface area (Å²) >= 11 is 0. The molecular weight excluding hydrogens is 334 g/mol. The molecule has 0 aliphatic carbocycles. The Bertz CT molecular complexity index is 651. The van der Waals surface area contributed by atoms with E-state index in [1.165, 1.54) is 12.0 Å². The molecule has 0 saturated carbocycles. The number of likely N-dealkylation sites (N-methyl/N-ethyl adjacent to an activating group) is 1. The third-order valence-corrected chi connectivity index (χ3v) is 3.24. The number of carbonyl (C=O) groups is 2. The van der Waals surface area contributed by atoms with Crippen molar-refractivity contribution in [2.75, 3.05) is 44.5 Å². The molecular formula is C19H28N3O4. The van der Waals surface area contributed by atoms with Crippen LogP contribution < -0.4 is 15.0 Å². The summed E-state index contributed by atoms with van der Waals surface area (Å²) in [6.07, 6.45) is 0.646. The molecule has 143 valence electrons. The lowest BCUT2D eigenvalue weighted by Gasteiger charge is -2.29. The van der Waals surface area contributed by atoms with Crippen molar-refractivity contribution in [1.82, 2.24) is 4.90 Å². The molecule has 0 bridgehead atoms. The van der Waals surface area contributed by atoms with E-state index in [0.29, 0.717) is 30.2 Å². The number of nitrogens with one attached hydrogen (secondary N) is 1. The maximum absolute atomic E-state index is 12.8. The molecule has 0 aliphatic heterocycles. The largest absolute Gasteiger partial charge is 0.496 e. The summed E-state index contributed by atoms with van der Waals surface area (Å²) in [6, 6.07) is 6.10. The summed E-state index contributed by atoms with van der Waals surface area (Å²) in [4.78, 5) is 28.0. The molecule has 7 heteroatoms. The van der Waals surface area contributed by atoms with Crippen molar-refractivity contribution in [3.05, 3.63) is 30.9 Å². The minimum absolute atomic E-state index is 0.367. The lowest BCUT2D eigenvalue weighted by atomic mass is 10.2. The van der Waals surface area contributed by atoms with Crippen molar-refractivity contribution in [3.8, 4) is 5.75 Å². The van der Waals surface area contributed by atoms with Crippen LogP contribution in [-0.2, 0) is 9.53 Å². The normalized spacial score (nSPS) is 11.0. The number of hydrogen-bond donors (Lipinski definition) is 1. The van der Waals surface area contributed by atoms with E-state index in [2.05, 4.69) is 18.0 Å². The second-order valence-corrected chi connectivity index (χ2v) is 6.93. The Labute approximate surface area is 155 Å². The fourth-order valence-corrected chi connectivity index (χ4v) is 2.01. The number of methoxy groups -OCH3 is 1. The maximum atomic E-state index is 12.8. The van der Waals surface area contributed by atoms with Crippen molar-refractivity contribution in [1.29, 1.82) is 0 Å². The number of hydrogen-bond acceptors (Lipinski definition) is 5. The second-order valence-electron chi connectivity index (χ2n) is 6.93. The predicted molar refractivity (Wildman–Crippen MR) is 103 cm³/mol. The molecule has 26 heavy (non-hydrogen) atoms. The Morgan fingerprint density at radius 3 is 2.46 bits per heavy atom. The minimum atomic E-state index is -0.650. The average Bonchev–Trinajstić information content (AvgIpc) is 2.54. The van der Waals surface area contributed by atoms with Gasteiger partial charge in [-0.2, -0.15) is 0 Å². The van der Waals surface area contributed by atoms with E-state index in [-0.39, 0.29) is 5.91 Å². The van der Waals surface area contributed by atoms with Crippen LogP contribution in [0, 0.1) is 6.07 Å². The third-order valence-electron chi connectivity index (χ3n) is 3.24. The molecule has 1 aromatic carbocycles. The predicted octanol–water partition coefficient (Wildman–Crippen LogP) is 2.92. The number of nitrogens with zero attached hydrogens (tertiary/aromatic N) is 2. The van der Waals surface area contributed by atoms with Crippen LogP contribution in [0.3, 0.4) is 0 Å². The third kappa shape index (κ3) is 6.76.